The van der Waals surface area contributed by atoms with Crippen molar-refractivity contribution in [3.8, 4) is 0 Å². The molecular weight excluding hydrogens is 72.1 g/mol. The standard InChI is InChI=1S/C6H11/c1-6-4-2-3-5-6/h4,6H,2-3,5H2,1H3/t6-/m0/s1. The second-order valence-electron chi connectivity index (χ2n) is 2.14. The van der Waals surface area contributed by atoms with Crippen LogP contribution in [0, 0.1) is 12.3 Å². The quantitative estimate of drug-likeness (QED) is 0.420. The van der Waals surface area contributed by atoms with Gasteiger partial charge >= 0.3 is 0 Å². The summed E-state index contributed by atoms with van der Waals surface area (Å²) in [5.74, 6) is 0.921. The average molecular weight is 83.2 g/mol. The first-order valence-corrected chi connectivity index (χ1v) is 2.73. The molecule has 0 bridgehead atoms. The summed E-state index contributed by atoms with van der Waals surface area (Å²) in [4.78, 5) is 0. The molecule has 1 atom stereocenters. The maximum atomic E-state index is 2.40. The summed E-state index contributed by atoms with van der Waals surface area (Å²) >= 11 is 0. The van der Waals surface area contributed by atoms with Crippen molar-refractivity contribution in [1.82, 2.24) is 0 Å². The van der Waals surface area contributed by atoms with Crippen LogP contribution < -0.4 is 0 Å². The van der Waals surface area contributed by atoms with Gasteiger partial charge in [-0.25, -0.2) is 0 Å². The zero-order chi connectivity index (χ0) is 4.41. The Hall–Kier alpha value is 0. The summed E-state index contributed by atoms with van der Waals surface area (Å²) in [6.07, 6.45) is 6.63. The van der Waals surface area contributed by atoms with Gasteiger partial charge in [0.25, 0.3) is 0 Å². The van der Waals surface area contributed by atoms with Gasteiger partial charge in [0.05, 0.1) is 0 Å². The molecule has 35 valence electrons. The number of hydrogen-bond donors (Lipinski definition) is 0. The highest BCUT2D eigenvalue weighted by Gasteiger charge is 2.07. The fourth-order valence-electron chi connectivity index (χ4n) is 0.960. The van der Waals surface area contributed by atoms with Crippen molar-refractivity contribution in [3.63, 3.8) is 0 Å². The predicted molar refractivity (Wildman–Crippen MR) is 27.3 cm³/mol. The van der Waals surface area contributed by atoms with Gasteiger partial charge in [-0.05, 0) is 18.8 Å². The van der Waals surface area contributed by atoms with Crippen LogP contribution in [0.5, 0.6) is 0 Å². The van der Waals surface area contributed by atoms with Crippen LogP contribution >= 0.6 is 0 Å². The van der Waals surface area contributed by atoms with Gasteiger partial charge in [0.1, 0.15) is 0 Å². The monoisotopic (exact) mass is 83.1 g/mol. The van der Waals surface area contributed by atoms with E-state index in [-0.39, 0.29) is 0 Å². The van der Waals surface area contributed by atoms with E-state index in [4.69, 9.17) is 0 Å². The van der Waals surface area contributed by atoms with E-state index in [1.807, 2.05) is 0 Å². The summed E-state index contributed by atoms with van der Waals surface area (Å²) in [7, 11) is 0. The van der Waals surface area contributed by atoms with E-state index in [2.05, 4.69) is 13.3 Å². The van der Waals surface area contributed by atoms with Gasteiger partial charge in [-0.1, -0.05) is 19.8 Å². The SMILES string of the molecule is C[C@H]1[CH]CCC1. The molecule has 0 aromatic carbocycles. The Kier molecular flexibility index (Phi) is 1.13. The molecule has 0 aliphatic heterocycles. The van der Waals surface area contributed by atoms with Crippen LogP contribution in [0.3, 0.4) is 0 Å². The van der Waals surface area contributed by atoms with Gasteiger partial charge in [-0.2, -0.15) is 0 Å². The first-order valence-electron chi connectivity index (χ1n) is 2.73. The third-order valence-corrected chi connectivity index (χ3v) is 1.43. The van der Waals surface area contributed by atoms with Gasteiger partial charge in [-0.3, -0.25) is 0 Å². The molecule has 6 heavy (non-hydrogen) atoms. The molecule has 1 saturated carbocycles. The van der Waals surface area contributed by atoms with Gasteiger partial charge in [0.15, 0.2) is 0 Å². The van der Waals surface area contributed by atoms with Crippen LogP contribution in [-0.4, -0.2) is 0 Å². The second-order valence-corrected chi connectivity index (χ2v) is 2.14. The van der Waals surface area contributed by atoms with E-state index in [1.165, 1.54) is 19.3 Å². The minimum atomic E-state index is 0.921. The minimum Gasteiger partial charge on any atom is -0.0622 e. The van der Waals surface area contributed by atoms with E-state index in [0.29, 0.717) is 0 Å². The van der Waals surface area contributed by atoms with Gasteiger partial charge in [0, 0.05) is 0 Å². The Morgan fingerprint density at radius 1 is 1.67 bits per heavy atom. The Balaban J connectivity index is 2.18. The molecule has 1 aliphatic rings. The largest absolute Gasteiger partial charge is 0.0622 e. The molecule has 0 nitrogen and oxygen atoms in total. The Morgan fingerprint density at radius 3 is 2.67 bits per heavy atom. The summed E-state index contributed by atoms with van der Waals surface area (Å²) < 4.78 is 0. The molecule has 0 heteroatoms. The molecule has 0 heterocycles. The Morgan fingerprint density at radius 2 is 2.50 bits per heavy atom. The number of rotatable bonds is 0. The highest BCUT2D eigenvalue weighted by molar-refractivity contribution is 4.79. The van der Waals surface area contributed by atoms with Gasteiger partial charge in [0.2, 0.25) is 0 Å². The lowest BCUT2D eigenvalue weighted by atomic mass is 10.2. The van der Waals surface area contributed by atoms with Crippen LogP contribution in [-0.2, 0) is 0 Å². The zero-order valence-electron chi connectivity index (χ0n) is 4.28. The molecule has 0 spiro atoms. The fourth-order valence-corrected chi connectivity index (χ4v) is 0.960. The molecule has 1 aliphatic carbocycles. The molecule has 1 rings (SSSR count). The van der Waals surface area contributed by atoms with E-state index >= 15 is 0 Å². The smallest absolute Gasteiger partial charge is 0.0358 e. The van der Waals surface area contributed by atoms with Gasteiger partial charge < -0.3 is 0 Å². The maximum Gasteiger partial charge on any atom is -0.0358 e. The molecule has 0 aromatic rings. The lowest BCUT2D eigenvalue weighted by molar-refractivity contribution is 0.692. The average Bonchev–Trinajstić information content (AvgIpc) is 1.86. The third kappa shape index (κ3) is 0.735. The van der Waals surface area contributed by atoms with E-state index < -0.39 is 0 Å². The fraction of sp³-hybridized carbons (Fsp3) is 0.833. The van der Waals surface area contributed by atoms with Crippen LogP contribution in [0.1, 0.15) is 26.2 Å². The zero-order valence-corrected chi connectivity index (χ0v) is 4.28. The topological polar surface area (TPSA) is 0 Å². The summed E-state index contributed by atoms with van der Waals surface area (Å²) in [6, 6.07) is 0. The summed E-state index contributed by atoms with van der Waals surface area (Å²) in [6.45, 7) is 2.28. The lowest BCUT2D eigenvalue weighted by Crippen LogP contribution is -1.79. The van der Waals surface area contributed by atoms with Crippen molar-refractivity contribution >= 4 is 0 Å². The maximum absolute atomic E-state index is 2.40. The van der Waals surface area contributed by atoms with Crippen molar-refractivity contribution in [1.29, 1.82) is 0 Å². The summed E-state index contributed by atoms with van der Waals surface area (Å²) in [5.41, 5.74) is 0. The van der Waals surface area contributed by atoms with Crippen molar-refractivity contribution in [2.24, 2.45) is 5.92 Å². The molecule has 1 fully saturated rings. The van der Waals surface area contributed by atoms with Crippen molar-refractivity contribution in [2.75, 3.05) is 0 Å². The van der Waals surface area contributed by atoms with Crippen LogP contribution in [0.4, 0.5) is 0 Å². The van der Waals surface area contributed by atoms with Crippen LogP contribution in [0.15, 0.2) is 0 Å². The first-order chi connectivity index (χ1) is 2.89. The molecule has 0 N–H and O–H groups in total. The van der Waals surface area contributed by atoms with E-state index in [9.17, 15) is 0 Å². The van der Waals surface area contributed by atoms with Crippen LogP contribution in [0.25, 0.3) is 0 Å². The predicted octanol–water partition coefficient (Wildman–Crippen LogP) is 2.01. The third-order valence-electron chi connectivity index (χ3n) is 1.43. The first kappa shape index (κ1) is 4.17. The van der Waals surface area contributed by atoms with Crippen molar-refractivity contribution in [2.45, 2.75) is 26.2 Å². The second kappa shape index (κ2) is 1.63. The minimum absolute atomic E-state index is 0.921. The molecule has 0 unspecified atom stereocenters. The van der Waals surface area contributed by atoms with Gasteiger partial charge in [-0.15, -0.1) is 0 Å². The highest BCUT2D eigenvalue weighted by atomic mass is 14.1. The van der Waals surface area contributed by atoms with Crippen LogP contribution in [0.2, 0.25) is 0 Å². The lowest BCUT2D eigenvalue weighted by Gasteiger charge is -1.90. The van der Waals surface area contributed by atoms with Crippen molar-refractivity contribution in [3.05, 3.63) is 6.42 Å². The molecular formula is C6H11. The number of hydrogen-bond acceptors (Lipinski definition) is 0. The van der Waals surface area contributed by atoms with Crippen molar-refractivity contribution < 1.29 is 0 Å². The normalized spacial score (nSPS) is 25.5. The molecule has 0 saturated heterocycles. The van der Waals surface area contributed by atoms with E-state index in [1.54, 1.807) is 0 Å². The summed E-state index contributed by atoms with van der Waals surface area (Å²) in [5, 5.41) is 0. The Bertz CT molecular complexity index is 33.3. The molecule has 0 aromatic heterocycles. The molecule has 0 amide bonds. The van der Waals surface area contributed by atoms with E-state index in [0.717, 1.165) is 5.92 Å². The molecule has 1 radical (unpaired) electrons. The highest BCUT2D eigenvalue weighted by Crippen LogP contribution is 2.21. The Labute approximate surface area is 39.6 Å².